The molecule has 1 aliphatic rings. The minimum atomic E-state index is -0.484. The summed E-state index contributed by atoms with van der Waals surface area (Å²) in [7, 11) is 0. The molecule has 1 saturated carbocycles. The van der Waals surface area contributed by atoms with Crippen LogP contribution in [-0.2, 0) is 0 Å². The van der Waals surface area contributed by atoms with Crippen molar-refractivity contribution in [2.75, 3.05) is 17.2 Å². The van der Waals surface area contributed by atoms with Crippen LogP contribution in [0.1, 0.15) is 65.4 Å². The Kier molecular flexibility index (Phi) is 5.96. The lowest BCUT2D eigenvalue weighted by Crippen LogP contribution is -2.33. The highest BCUT2D eigenvalue weighted by atomic mass is 16.3. The molecule has 3 heteroatoms. The van der Waals surface area contributed by atoms with Crippen LogP contribution in [0.5, 0.6) is 0 Å². The number of aliphatic hydroxyl groups is 1. The van der Waals surface area contributed by atoms with E-state index in [-0.39, 0.29) is 0 Å². The second-order valence-corrected chi connectivity index (χ2v) is 7.66. The summed E-state index contributed by atoms with van der Waals surface area (Å²) in [5.74, 6) is 2.67. The van der Waals surface area contributed by atoms with Crippen molar-refractivity contribution in [2.24, 2.45) is 17.8 Å². The highest BCUT2D eigenvalue weighted by Crippen LogP contribution is 2.46. The summed E-state index contributed by atoms with van der Waals surface area (Å²) in [4.78, 5) is 2.01. The number of rotatable bonds is 5. The number of benzene rings is 1. The molecule has 1 aliphatic carbocycles. The van der Waals surface area contributed by atoms with Crippen LogP contribution in [0.15, 0.2) is 18.2 Å². The van der Waals surface area contributed by atoms with Gasteiger partial charge in [-0.25, -0.2) is 0 Å². The Labute approximate surface area is 141 Å². The van der Waals surface area contributed by atoms with Gasteiger partial charge in [-0.15, -0.1) is 0 Å². The Morgan fingerprint density at radius 3 is 2.52 bits per heavy atom. The van der Waals surface area contributed by atoms with Crippen LogP contribution in [-0.4, -0.2) is 17.9 Å². The van der Waals surface area contributed by atoms with Crippen molar-refractivity contribution in [1.82, 2.24) is 0 Å². The molecule has 1 fully saturated rings. The summed E-state index contributed by atoms with van der Waals surface area (Å²) in [5.41, 5.74) is 9.63. The smallest absolute Gasteiger partial charge is 0.124 e. The quantitative estimate of drug-likeness (QED) is 0.616. The minimum Gasteiger partial charge on any atom is -0.398 e. The fourth-order valence-electron chi connectivity index (χ4n) is 4.28. The zero-order valence-corrected chi connectivity index (χ0v) is 15.4. The Morgan fingerprint density at radius 1 is 1.26 bits per heavy atom. The van der Waals surface area contributed by atoms with Crippen molar-refractivity contribution in [3.8, 4) is 0 Å². The fourth-order valence-corrected chi connectivity index (χ4v) is 4.28. The molecule has 1 aromatic rings. The topological polar surface area (TPSA) is 49.5 Å². The summed E-state index contributed by atoms with van der Waals surface area (Å²) < 4.78 is 0. The SMILES string of the molecule is CCN(c1ccc(N)c(C2CC(C)CCC2C(C)C)c1)C(C)O. The Morgan fingerprint density at radius 2 is 1.96 bits per heavy atom. The van der Waals surface area contributed by atoms with Gasteiger partial charge in [0.1, 0.15) is 6.23 Å². The summed E-state index contributed by atoms with van der Waals surface area (Å²) >= 11 is 0. The molecule has 4 unspecified atom stereocenters. The minimum absolute atomic E-state index is 0.484. The van der Waals surface area contributed by atoms with Gasteiger partial charge >= 0.3 is 0 Å². The van der Waals surface area contributed by atoms with Gasteiger partial charge in [-0.05, 0) is 74.1 Å². The van der Waals surface area contributed by atoms with Gasteiger partial charge in [-0.3, -0.25) is 0 Å². The highest BCUT2D eigenvalue weighted by molar-refractivity contribution is 5.60. The van der Waals surface area contributed by atoms with Gasteiger partial charge in [0, 0.05) is 17.9 Å². The van der Waals surface area contributed by atoms with E-state index in [9.17, 15) is 5.11 Å². The first kappa shape index (κ1) is 18.1. The van der Waals surface area contributed by atoms with Crippen molar-refractivity contribution in [1.29, 1.82) is 0 Å². The van der Waals surface area contributed by atoms with Crippen molar-refractivity contribution in [2.45, 2.75) is 66.0 Å². The monoisotopic (exact) mass is 318 g/mol. The van der Waals surface area contributed by atoms with Crippen LogP contribution in [0.3, 0.4) is 0 Å². The third-order valence-electron chi connectivity index (χ3n) is 5.62. The van der Waals surface area contributed by atoms with Crippen LogP contribution >= 0.6 is 0 Å². The van der Waals surface area contributed by atoms with Gasteiger partial charge in [0.15, 0.2) is 0 Å². The van der Waals surface area contributed by atoms with E-state index in [2.05, 4.69) is 33.8 Å². The van der Waals surface area contributed by atoms with E-state index in [4.69, 9.17) is 5.73 Å². The molecule has 0 bridgehead atoms. The molecule has 4 atom stereocenters. The Balaban J connectivity index is 2.39. The van der Waals surface area contributed by atoms with Gasteiger partial charge in [-0.1, -0.05) is 27.2 Å². The first-order chi connectivity index (χ1) is 10.8. The van der Waals surface area contributed by atoms with E-state index in [0.29, 0.717) is 17.8 Å². The van der Waals surface area contributed by atoms with Gasteiger partial charge in [-0.2, -0.15) is 0 Å². The third-order valence-corrected chi connectivity index (χ3v) is 5.62. The number of nitrogens with two attached hydrogens (primary N) is 1. The van der Waals surface area contributed by atoms with Crippen molar-refractivity contribution < 1.29 is 5.11 Å². The maximum atomic E-state index is 10.0. The number of anilines is 2. The van der Waals surface area contributed by atoms with E-state index in [1.54, 1.807) is 0 Å². The first-order valence-corrected chi connectivity index (χ1v) is 9.19. The lowest BCUT2D eigenvalue weighted by molar-refractivity contribution is 0.189. The van der Waals surface area contributed by atoms with E-state index in [1.165, 1.54) is 24.8 Å². The number of aliphatic hydroxyl groups excluding tert-OH is 1. The van der Waals surface area contributed by atoms with Crippen LogP contribution < -0.4 is 10.6 Å². The van der Waals surface area contributed by atoms with Crippen LogP contribution in [0.25, 0.3) is 0 Å². The molecule has 2 rings (SSSR count). The molecule has 0 radical (unpaired) electrons. The Hall–Kier alpha value is -1.22. The fraction of sp³-hybridized carbons (Fsp3) is 0.700. The molecule has 130 valence electrons. The number of nitrogens with zero attached hydrogens (tertiary/aromatic N) is 1. The summed E-state index contributed by atoms with van der Waals surface area (Å²) in [6.45, 7) is 11.7. The number of hydrogen-bond acceptors (Lipinski definition) is 3. The second-order valence-electron chi connectivity index (χ2n) is 7.66. The molecule has 0 amide bonds. The van der Waals surface area contributed by atoms with Gasteiger partial charge in [0.2, 0.25) is 0 Å². The highest BCUT2D eigenvalue weighted by Gasteiger charge is 2.33. The standard InChI is InChI=1S/C20H34N2O/c1-6-22(15(5)23)16-8-10-20(21)19(12-16)18-11-14(4)7-9-17(18)13(2)3/h8,10,12-15,17-18,23H,6-7,9,11,21H2,1-5H3. The van der Waals surface area contributed by atoms with E-state index >= 15 is 0 Å². The van der Waals surface area contributed by atoms with E-state index in [0.717, 1.165) is 23.8 Å². The molecule has 0 heterocycles. The molecule has 3 N–H and O–H groups in total. The summed E-state index contributed by atoms with van der Waals surface area (Å²) in [6.07, 6.45) is 3.36. The molecule has 1 aromatic carbocycles. The summed E-state index contributed by atoms with van der Waals surface area (Å²) in [6, 6.07) is 6.28. The number of hydrogen-bond donors (Lipinski definition) is 2. The lowest BCUT2D eigenvalue weighted by Gasteiger charge is -2.39. The second kappa shape index (κ2) is 7.57. The van der Waals surface area contributed by atoms with Gasteiger partial charge in [0.25, 0.3) is 0 Å². The first-order valence-electron chi connectivity index (χ1n) is 9.19. The third kappa shape index (κ3) is 4.00. The predicted octanol–water partition coefficient (Wildman–Crippen LogP) is 4.61. The molecule has 23 heavy (non-hydrogen) atoms. The van der Waals surface area contributed by atoms with Crippen molar-refractivity contribution >= 4 is 11.4 Å². The van der Waals surface area contributed by atoms with Crippen LogP contribution in [0, 0.1) is 17.8 Å². The molecule has 0 saturated heterocycles. The predicted molar refractivity (Wildman–Crippen MR) is 99.6 cm³/mol. The molecular weight excluding hydrogens is 284 g/mol. The largest absolute Gasteiger partial charge is 0.398 e. The molecular formula is C20H34N2O. The van der Waals surface area contributed by atoms with Gasteiger partial charge in [0.05, 0.1) is 0 Å². The maximum Gasteiger partial charge on any atom is 0.124 e. The van der Waals surface area contributed by atoms with E-state index < -0.39 is 6.23 Å². The van der Waals surface area contributed by atoms with E-state index in [1.807, 2.05) is 24.0 Å². The average Bonchev–Trinajstić information content (AvgIpc) is 2.48. The average molecular weight is 319 g/mol. The normalized spacial score (nSPS) is 26.3. The van der Waals surface area contributed by atoms with Crippen LogP contribution in [0.2, 0.25) is 0 Å². The molecule has 3 nitrogen and oxygen atoms in total. The van der Waals surface area contributed by atoms with Crippen molar-refractivity contribution in [3.63, 3.8) is 0 Å². The molecule has 0 spiro atoms. The zero-order valence-electron chi connectivity index (χ0n) is 15.4. The maximum absolute atomic E-state index is 10.0. The zero-order chi connectivity index (χ0) is 17.1. The summed E-state index contributed by atoms with van der Waals surface area (Å²) in [5, 5.41) is 10.0. The molecule has 0 aromatic heterocycles. The lowest BCUT2D eigenvalue weighted by atomic mass is 9.67. The van der Waals surface area contributed by atoms with Crippen molar-refractivity contribution in [3.05, 3.63) is 23.8 Å². The molecule has 0 aliphatic heterocycles. The number of nitrogen functional groups attached to an aromatic ring is 1. The van der Waals surface area contributed by atoms with Crippen LogP contribution in [0.4, 0.5) is 11.4 Å². The Bertz CT molecular complexity index is 512. The van der Waals surface area contributed by atoms with Gasteiger partial charge < -0.3 is 15.7 Å².